The van der Waals surface area contributed by atoms with E-state index in [1.807, 2.05) is 52.1 Å². The molecule has 4 nitrogen and oxygen atoms in total. The van der Waals surface area contributed by atoms with Crippen LogP contribution in [0, 0.1) is 0 Å². The Balaban J connectivity index is 1.52. The zero-order valence-corrected chi connectivity index (χ0v) is 15.1. The van der Waals surface area contributed by atoms with Crippen LogP contribution in [0.15, 0.2) is 67.3 Å². The molecule has 1 atom stereocenters. The molecule has 2 aromatic carbocycles. The van der Waals surface area contributed by atoms with Crippen LogP contribution in [0.1, 0.15) is 5.56 Å². The molecule has 1 heterocycles. The SMILES string of the molecule is O[C@@H](COc1ccc(Cl)cc1)Cn1cc[n+](Cc2ccccc2Cl)c1. The first-order chi connectivity index (χ1) is 12.1. The van der Waals surface area contributed by atoms with Gasteiger partial charge in [0.15, 0.2) is 0 Å². The highest BCUT2D eigenvalue weighted by Crippen LogP contribution is 2.16. The number of aliphatic hydroxyl groups is 1. The number of hydrogen-bond donors (Lipinski definition) is 1. The van der Waals surface area contributed by atoms with Gasteiger partial charge in [-0.05, 0) is 30.3 Å². The highest BCUT2D eigenvalue weighted by Gasteiger charge is 2.12. The van der Waals surface area contributed by atoms with Gasteiger partial charge in [0.25, 0.3) is 0 Å². The van der Waals surface area contributed by atoms with Crippen molar-refractivity contribution < 1.29 is 14.4 Å². The van der Waals surface area contributed by atoms with E-state index in [2.05, 4.69) is 0 Å². The number of hydrogen-bond acceptors (Lipinski definition) is 2. The van der Waals surface area contributed by atoms with Crippen LogP contribution in [-0.2, 0) is 13.1 Å². The molecule has 0 bridgehead atoms. The van der Waals surface area contributed by atoms with Crippen molar-refractivity contribution in [2.75, 3.05) is 6.61 Å². The van der Waals surface area contributed by atoms with Gasteiger partial charge in [0.1, 0.15) is 43.9 Å². The van der Waals surface area contributed by atoms with Crippen molar-refractivity contribution in [1.82, 2.24) is 4.57 Å². The molecule has 0 unspecified atom stereocenters. The number of aliphatic hydroxyl groups excluding tert-OH is 1. The number of benzene rings is 2. The van der Waals surface area contributed by atoms with Gasteiger partial charge >= 0.3 is 0 Å². The lowest BCUT2D eigenvalue weighted by atomic mass is 10.2. The molecule has 0 radical (unpaired) electrons. The molecule has 0 aliphatic carbocycles. The number of imidazole rings is 1. The van der Waals surface area contributed by atoms with Gasteiger partial charge in [0, 0.05) is 15.6 Å². The molecule has 0 aliphatic rings. The van der Waals surface area contributed by atoms with E-state index >= 15 is 0 Å². The molecule has 25 heavy (non-hydrogen) atoms. The van der Waals surface area contributed by atoms with Gasteiger partial charge in [-0.1, -0.05) is 41.4 Å². The largest absolute Gasteiger partial charge is 0.491 e. The van der Waals surface area contributed by atoms with Crippen molar-refractivity contribution in [1.29, 1.82) is 0 Å². The smallest absolute Gasteiger partial charge is 0.244 e. The van der Waals surface area contributed by atoms with E-state index in [1.165, 1.54) is 0 Å². The molecular weight excluding hydrogens is 359 g/mol. The maximum atomic E-state index is 10.2. The minimum Gasteiger partial charge on any atom is -0.491 e. The first kappa shape index (κ1) is 17.8. The van der Waals surface area contributed by atoms with Crippen LogP contribution in [0.3, 0.4) is 0 Å². The third-order valence-corrected chi connectivity index (χ3v) is 4.36. The van der Waals surface area contributed by atoms with Crippen molar-refractivity contribution >= 4 is 23.2 Å². The lowest BCUT2D eigenvalue weighted by Gasteiger charge is -2.10. The van der Waals surface area contributed by atoms with Gasteiger partial charge in [-0.3, -0.25) is 0 Å². The first-order valence-corrected chi connectivity index (χ1v) is 8.70. The first-order valence-electron chi connectivity index (χ1n) is 7.95. The third-order valence-electron chi connectivity index (χ3n) is 3.73. The Morgan fingerprint density at radius 2 is 1.84 bits per heavy atom. The minimum absolute atomic E-state index is 0.213. The normalized spacial score (nSPS) is 12.1. The summed E-state index contributed by atoms with van der Waals surface area (Å²) < 4.78 is 9.51. The summed E-state index contributed by atoms with van der Waals surface area (Å²) in [4.78, 5) is 0. The fourth-order valence-electron chi connectivity index (χ4n) is 2.48. The van der Waals surface area contributed by atoms with Gasteiger partial charge in [-0.2, -0.15) is 0 Å². The van der Waals surface area contributed by atoms with Crippen LogP contribution < -0.4 is 9.30 Å². The summed E-state index contributed by atoms with van der Waals surface area (Å²) in [6, 6.07) is 14.8. The summed E-state index contributed by atoms with van der Waals surface area (Å²) >= 11 is 12.0. The van der Waals surface area contributed by atoms with E-state index in [9.17, 15) is 5.11 Å². The van der Waals surface area contributed by atoms with Gasteiger partial charge in [-0.15, -0.1) is 0 Å². The highest BCUT2D eigenvalue weighted by molar-refractivity contribution is 6.31. The van der Waals surface area contributed by atoms with E-state index in [4.69, 9.17) is 27.9 Å². The molecule has 0 fully saturated rings. The lowest BCUT2D eigenvalue weighted by Crippen LogP contribution is -2.32. The van der Waals surface area contributed by atoms with E-state index in [1.54, 1.807) is 24.3 Å². The van der Waals surface area contributed by atoms with E-state index in [-0.39, 0.29) is 6.61 Å². The average molecular weight is 378 g/mol. The zero-order valence-electron chi connectivity index (χ0n) is 13.6. The topological polar surface area (TPSA) is 38.3 Å². The fourth-order valence-corrected chi connectivity index (χ4v) is 2.80. The van der Waals surface area contributed by atoms with Crippen molar-refractivity contribution in [3.8, 4) is 5.75 Å². The Hall–Kier alpha value is -2.01. The molecule has 0 saturated carbocycles. The summed E-state index contributed by atoms with van der Waals surface area (Å²) in [7, 11) is 0. The van der Waals surface area contributed by atoms with E-state index in [0.29, 0.717) is 23.9 Å². The Kier molecular flexibility index (Phi) is 5.97. The molecule has 3 aromatic rings. The van der Waals surface area contributed by atoms with Gasteiger partial charge in [-0.25, -0.2) is 9.13 Å². The third kappa shape index (κ3) is 5.23. The van der Waals surface area contributed by atoms with Gasteiger partial charge in [0.05, 0.1) is 0 Å². The lowest BCUT2D eigenvalue weighted by molar-refractivity contribution is -0.687. The maximum Gasteiger partial charge on any atom is 0.244 e. The predicted molar refractivity (Wildman–Crippen MR) is 98.1 cm³/mol. The van der Waals surface area contributed by atoms with Crippen LogP contribution in [0.4, 0.5) is 0 Å². The summed E-state index contributed by atoms with van der Waals surface area (Å²) in [5.41, 5.74) is 1.05. The summed E-state index contributed by atoms with van der Waals surface area (Å²) in [6.07, 6.45) is 5.20. The van der Waals surface area contributed by atoms with Crippen LogP contribution in [-0.4, -0.2) is 22.4 Å². The molecule has 0 aliphatic heterocycles. The second-order valence-corrected chi connectivity index (χ2v) is 6.64. The van der Waals surface area contributed by atoms with Crippen LogP contribution in [0.5, 0.6) is 5.75 Å². The number of ether oxygens (including phenoxy) is 1. The number of halogens is 2. The summed E-state index contributed by atoms with van der Waals surface area (Å²) in [5, 5.41) is 11.6. The highest BCUT2D eigenvalue weighted by atomic mass is 35.5. The number of nitrogens with zero attached hydrogens (tertiary/aromatic N) is 2. The van der Waals surface area contributed by atoms with Crippen LogP contribution >= 0.6 is 23.2 Å². The fraction of sp³-hybridized carbons (Fsp3) is 0.211. The molecular formula is C19H19Cl2N2O2+. The summed E-state index contributed by atoms with van der Waals surface area (Å²) in [6.45, 7) is 1.34. The molecule has 3 rings (SSSR count). The van der Waals surface area contributed by atoms with Crippen LogP contribution in [0.25, 0.3) is 0 Å². The number of rotatable bonds is 7. The maximum absolute atomic E-state index is 10.2. The predicted octanol–water partition coefficient (Wildman–Crippen LogP) is 3.57. The summed E-state index contributed by atoms with van der Waals surface area (Å²) in [5.74, 6) is 0.685. The molecule has 1 N–H and O–H groups in total. The van der Waals surface area contributed by atoms with Crippen molar-refractivity contribution in [2.24, 2.45) is 0 Å². The van der Waals surface area contributed by atoms with Crippen molar-refractivity contribution in [3.63, 3.8) is 0 Å². The van der Waals surface area contributed by atoms with E-state index < -0.39 is 6.10 Å². The molecule has 1 aromatic heterocycles. The molecule has 6 heteroatoms. The second-order valence-electron chi connectivity index (χ2n) is 5.79. The van der Waals surface area contributed by atoms with Crippen LogP contribution in [0.2, 0.25) is 10.0 Å². The monoisotopic (exact) mass is 377 g/mol. The molecule has 0 spiro atoms. The Morgan fingerprint density at radius 1 is 1.08 bits per heavy atom. The van der Waals surface area contributed by atoms with E-state index in [0.717, 1.165) is 10.6 Å². The Bertz CT molecular complexity index is 818. The quantitative estimate of drug-likeness (QED) is 0.639. The van der Waals surface area contributed by atoms with Crippen molar-refractivity contribution in [3.05, 3.63) is 82.9 Å². The molecule has 0 saturated heterocycles. The minimum atomic E-state index is -0.614. The zero-order chi connectivity index (χ0) is 17.6. The molecule has 130 valence electrons. The Labute approximate surface area is 156 Å². The Morgan fingerprint density at radius 3 is 2.60 bits per heavy atom. The van der Waals surface area contributed by atoms with Gasteiger partial charge in [0.2, 0.25) is 6.33 Å². The standard InChI is InChI=1S/C19H19Cl2N2O2/c20-16-5-7-18(8-6-16)25-13-17(24)12-23-10-9-22(14-23)11-15-3-1-2-4-19(15)21/h1-10,14,17,24H,11-13H2/q+1/t17-/m1/s1. The molecule has 0 amide bonds. The van der Waals surface area contributed by atoms with Crippen molar-refractivity contribution in [2.45, 2.75) is 19.2 Å². The second kappa shape index (κ2) is 8.39. The number of aromatic nitrogens is 2. The average Bonchev–Trinajstić information content (AvgIpc) is 3.03. The van der Waals surface area contributed by atoms with Gasteiger partial charge < -0.3 is 9.84 Å².